The minimum atomic E-state index is 0.876. The molecule has 0 bridgehead atoms. The highest BCUT2D eigenvalue weighted by atomic mass is 14.9. The van der Waals surface area contributed by atoms with Gasteiger partial charge in [-0.15, -0.1) is 0 Å². The molecule has 134 valence electrons. The number of hydrogen-bond acceptors (Lipinski definition) is 0. The summed E-state index contributed by atoms with van der Waals surface area (Å²) in [6, 6.07) is 30.2. The lowest BCUT2D eigenvalue weighted by atomic mass is 10.1. The van der Waals surface area contributed by atoms with Crippen LogP contribution in [0.3, 0.4) is 0 Å². The fourth-order valence-electron chi connectivity index (χ4n) is 3.80. The van der Waals surface area contributed by atoms with Crippen molar-refractivity contribution in [1.82, 2.24) is 0 Å². The molecule has 0 aliphatic rings. The van der Waals surface area contributed by atoms with Crippen molar-refractivity contribution < 1.29 is 9.13 Å². The lowest BCUT2D eigenvalue weighted by Crippen LogP contribution is -2.34. The van der Waals surface area contributed by atoms with Crippen molar-refractivity contribution in [2.24, 2.45) is 0 Å². The molecule has 0 unspecified atom stereocenters. The van der Waals surface area contributed by atoms with E-state index in [2.05, 4.69) is 119 Å². The molecule has 2 aromatic heterocycles. The van der Waals surface area contributed by atoms with Gasteiger partial charge in [0.1, 0.15) is 0 Å². The Kier molecular flexibility index (Phi) is 4.30. The van der Waals surface area contributed by atoms with E-state index in [4.69, 9.17) is 0 Å². The van der Waals surface area contributed by atoms with Gasteiger partial charge in [0.15, 0.2) is 37.9 Å². The predicted octanol–water partition coefficient (Wildman–Crippen LogP) is 4.66. The lowest BCUT2D eigenvalue weighted by Gasteiger charge is -2.03. The zero-order chi connectivity index (χ0) is 18.8. The average Bonchev–Trinajstić information content (AvgIpc) is 2.74. The van der Waals surface area contributed by atoms with Gasteiger partial charge in [0, 0.05) is 34.0 Å². The quantitative estimate of drug-likeness (QED) is 0.411. The first kappa shape index (κ1) is 16.6. The number of rotatable bonds is 4. The summed E-state index contributed by atoms with van der Waals surface area (Å²) in [5, 5.41) is 5.10. The van der Waals surface area contributed by atoms with Crippen molar-refractivity contribution in [3.8, 4) is 0 Å². The molecule has 0 saturated heterocycles. The second-order valence-electron chi connectivity index (χ2n) is 7.31. The molecule has 0 saturated carbocycles. The molecule has 2 heterocycles. The molecule has 0 atom stereocenters. The van der Waals surface area contributed by atoms with Crippen LogP contribution in [-0.2, 0) is 13.1 Å². The molecule has 0 radical (unpaired) electrons. The van der Waals surface area contributed by atoms with Crippen LogP contribution in [0.15, 0.2) is 110 Å². The maximum atomic E-state index is 2.31. The van der Waals surface area contributed by atoms with Gasteiger partial charge in [-0.1, -0.05) is 54.6 Å². The minimum Gasteiger partial charge on any atom is -0.200 e. The van der Waals surface area contributed by atoms with Gasteiger partial charge in [-0.05, 0) is 29.0 Å². The summed E-state index contributed by atoms with van der Waals surface area (Å²) in [5.41, 5.74) is 2.64. The molecule has 0 amide bonds. The first-order chi connectivity index (χ1) is 13.8. The first-order valence-corrected chi connectivity index (χ1v) is 9.67. The van der Waals surface area contributed by atoms with Crippen LogP contribution >= 0.6 is 0 Å². The number of benzene rings is 3. The van der Waals surface area contributed by atoms with E-state index in [1.165, 1.54) is 32.7 Å². The molecular formula is C26H22N2+2. The number of pyridine rings is 2. The predicted molar refractivity (Wildman–Crippen MR) is 113 cm³/mol. The summed E-state index contributed by atoms with van der Waals surface area (Å²) in [6.07, 6.45) is 8.76. The van der Waals surface area contributed by atoms with Crippen LogP contribution in [-0.4, -0.2) is 0 Å². The molecule has 28 heavy (non-hydrogen) atoms. The standard InChI is InChI=1S/C26H22N2/c1-3-10-25-19-27(14-12-23(25)8-1)17-21-6-5-7-22(16-21)18-28-15-13-24-9-2-4-11-26(24)20-28/h1-16,19-20H,17-18H2/q+2. The van der Waals surface area contributed by atoms with E-state index in [0.717, 1.165) is 13.1 Å². The van der Waals surface area contributed by atoms with Crippen molar-refractivity contribution in [2.75, 3.05) is 0 Å². The number of nitrogens with zero attached hydrogens (tertiary/aromatic N) is 2. The Morgan fingerprint density at radius 1 is 0.464 bits per heavy atom. The van der Waals surface area contributed by atoms with Gasteiger partial charge in [0.05, 0.1) is 0 Å². The summed E-state index contributed by atoms with van der Waals surface area (Å²) in [6.45, 7) is 1.75. The first-order valence-electron chi connectivity index (χ1n) is 9.67. The fourth-order valence-corrected chi connectivity index (χ4v) is 3.80. The number of hydrogen-bond donors (Lipinski definition) is 0. The molecule has 5 rings (SSSR count). The van der Waals surface area contributed by atoms with Gasteiger partial charge in [-0.25, -0.2) is 9.13 Å². The van der Waals surface area contributed by atoms with Gasteiger partial charge in [0.2, 0.25) is 0 Å². The van der Waals surface area contributed by atoms with E-state index in [1.54, 1.807) is 0 Å². The van der Waals surface area contributed by atoms with Gasteiger partial charge in [-0.3, -0.25) is 0 Å². The number of aromatic nitrogens is 2. The fraction of sp³-hybridized carbons (Fsp3) is 0.0769. The van der Waals surface area contributed by atoms with Crippen LogP contribution in [0.2, 0.25) is 0 Å². The zero-order valence-electron chi connectivity index (χ0n) is 15.7. The lowest BCUT2D eigenvalue weighted by molar-refractivity contribution is -0.688. The van der Waals surface area contributed by atoms with Crippen LogP contribution in [0.25, 0.3) is 21.5 Å². The molecule has 2 heteroatoms. The Balaban J connectivity index is 1.39. The van der Waals surface area contributed by atoms with Gasteiger partial charge in [0.25, 0.3) is 0 Å². The Morgan fingerprint density at radius 2 is 0.929 bits per heavy atom. The van der Waals surface area contributed by atoms with E-state index in [9.17, 15) is 0 Å². The third-order valence-electron chi connectivity index (χ3n) is 5.21. The summed E-state index contributed by atoms with van der Waals surface area (Å²) in [7, 11) is 0. The second-order valence-corrected chi connectivity index (χ2v) is 7.31. The highest BCUT2D eigenvalue weighted by Crippen LogP contribution is 2.12. The van der Waals surface area contributed by atoms with Crippen molar-refractivity contribution in [1.29, 1.82) is 0 Å². The van der Waals surface area contributed by atoms with Gasteiger partial charge < -0.3 is 0 Å². The summed E-state index contributed by atoms with van der Waals surface area (Å²) < 4.78 is 4.51. The summed E-state index contributed by atoms with van der Waals surface area (Å²) in [5.74, 6) is 0. The van der Waals surface area contributed by atoms with Crippen LogP contribution in [0.4, 0.5) is 0 Å². The van der Waals surface area contributed by atoms with Crippen molar-refractivity contribution >= 4 is 21.5 Å². The average molecular weight is 362 g/mol. The van der Waals surface area contributed by atoms with Crippen LogP contribution < -0.4 is 9.13 Å². The topological polar surface area (TPSA) is 7.76 Å². The van der Waals surface area contributed by atoms with E-state index >= 15 is 0 Å². The monoisotopic (exact) mass is 362 g/mol. The van der Waals surface area contributed by atoms with E-state index in [-0.39, 0.29) is 0 Å². The smallest absolute Gasteiger partial charge is 0.176 e. The van der Waals surface area contributed by atoms with E-state index < -0.39 is 0 Å². The minimum absolute atomic E-state index is 0.876. The molecular weight excluding hydrogens is 340 g/mol. The Bertz CT molecular complexity index is 1180. The van der Waals surface area contributed by atoms with Gasteiger partial charge >= 0.3 is 0 Å². The SMILES string of the molecule is c1cc(C[n+]2ccc3ccccc3c2)cc(C[n+]2ccc3ccccc3c2)c1. The molecule has 2 nitrogen and oxygen atoms in total. The largest absolute Gasteiger partial charge is 0.200 e. The Morgan fingerprint density at radius 3 is 1.43 bits per heavy atom. The second kappa shape index (κ2) is 7.24. The third-order valence-corrected chi connectivity index (χ3v) is 5.21. The van der Waals surface area contributed by atoms with E-state index in [0.29, 0.717) is 0 Å². The van der Waals surface area contributed by atoms with Crippen LogP contribution in [0.1, 0.15) is 11.1 Å². The molecule has 3 aromatic carbocycles. The van der Waals surface area contributed by atoms with Crippen molar-refractivity contribution in [3.05, 3.63) is 121 Å². The molecule has 0 fully saturated rings. The molecule has 0 spiro atoms. The molecule has 0 N–H and O–H groups in total. The third kappa shape index (κ3) is 3.49. The highest BCUT2D eigenvalue weighted by Gasteiger charge is 2.08. The maximum Gasteiger partial charge on any atom is 0.176 e. The van der Waals surface area contributed by atoms with Crippen molar-refractivity contribution in [2.45, 2.75) is 13.1 Å². The zero-order valence-corrected chi connectivity index (χ0v) is 15.7. The molecule has 5 aromatic rings. The van der Waals surface area contributed by atoms with Crippen LogP contribution in [0, 0.1) is 0 Å². The normalized spacial score (nSPS) is 11.1. The van der Waals surface area contributed by atoms with Gasteiger partial charge in [-0.2, -0.15) is 0 Å². The van der Waals surface area contributed by atoms with E-state index in [1.807, 2.05) is 0 Å². The van der Waals surface area contributed by atoms with Crippen molar-refractivity contribution in [3.63, 3.8) is 0 Å². The van der Waals surface area contributed by atoms with Crippen LogP contribution in [0.5, 0.6) is 0 Å². The molecule has 0 aliphatic heterocycles. The number of fused-ring (bicyclic) bond motifs is 2. The highest BCUT2D eigenvalue weighted by molar-refractivity contribution is 5.81. The Hall–Kier alpha value is -3.52. The summed E-state index contributed by atoms with van der Waals surface area (Å²) in [4.78, 5) is 0. The summed E-state index contributed by atoms with van der Waals surface area (Å²) >= 11 is 0. The maximum absolute atomic E-state index is 2.31. The Labute approximate surface area is 164 Å². The molecule has 0 aliphatic carbocycles.